The summed E-state index contributed by atoms with van der Waals surface area (Å²) in [4.78, 5) is 0. The quantitative estimate of drug-likeness (QED) is 0.853. The minimum Gasteiger partial charge on any atom is -0.504 e. The molecule has 2 aliphatic rings. The lowest BCUT2D eigenvalue weighted by Gasteiger charge is -2.48. The number of hydrogen-bond acceptors (Lipinski definition) is 3. The molecule has 3 heteroatoms. The maximum atomic E-state index is 10.2. The van der Waals surface area contributed by atoms with Gasteiger partial charge in [0.1, 0.15) is 5.60 Å². The van der Waals surface area contributed by atoms with Crippen LogP contribution >= 0.6 is 0 Å². The van der Waals surface area contributed by atoms with E-state index in [0.29, 0.717) is 11.7 Å². The molecule has 2 heterocycles. The molecule has 25 heavy (non-hydrogen) atoms. The van der Waals surface area contributed by atoms with E-state index in [2.05, 4.69) is 44.2 Å². The van der Waals surface area contributed by atoms with Crippen LogP contribution in [0.25, 0.3) is 0 Å². The summed E-state index contributed by atoms with van der Waals surface area (Å²) in [6.45, 7) is 4.21. The lowest BCUT2D eigenvalue weighted by molar-refractivity contribution is -0.151. The van der Waals surface area contributed by atoms with Crippen LogP contribution < -0.4 is 4.74 Å². The minimum absolute atomic E-state index is 0.000346. The fourth-order valence-corrected chi connectivity index (χ4v) is 4.29. The van der Waals surface area contributed by atoms with Crippen LogP contribution in [0.2, 0.25) is 0 Å². The summed E-state index contributed by atoms with van der Waals surface area (Å²) in [6, 6.07) is 16.2. The normalized spacial score (nSPS) is 27.0. The van der Waals surface area contributed by atoms with Crippen molar-refractivity contribution in [2.75, 3.05) is 0 Å². The number of aromatic hydroxyl groups is 1. The van der Waals surface area contributed by atoms with E-state index in [4.69, 9.17) is 9.47 Å². The van der Waals surface area contributed by atoms with Gasteiger partial charge in [-0.15, -0.1) is 0 Å². The third-order valence-corrected chi connectivity index (χ3v) is 5.69. The van der Waals surface area contributed by atoms with Crippen LogP contribution in [-0.2, 0) is 11.2 Å². The van der Waals surface area contributed by atoms with E-state index in [-0.39, 0.29) is 23.6 Å². The molecule has 3 nitrogen and oxygen atoms in total. The second-order valence-electron chi connectivity index (χ2n) is 7.79. The van der Waals surface area contributed by atoms with Gasteiger partial charge in [0.15, 0.2) is 11.5 Å². The highest BCUT2D eigenvalue weighted by atomic mass is 16.5. The van der Waals surface area contributed by atoms with Crippen molar-refractivity contribution in [3.8, 4) is 11.5 Å². The highest BCUT2D eigenvalue weighted by Crippen LogP contribution is 2.53. The Bertz CT molecular complexity index is 738. The molecule has 1 N–H and O–H groups in total. The lowest BCUT2D eigenvalue weighted by Crippen LogP contribution is -2.48. The van der Waals surface area contributed by atoms with Crippen LogP contribution in [0.3, 0.4) is 0 Å². The van der Waals surface area contributed by atoms with Crippen LogP contribution in [0.5, 0.6) is 11.5 Å². The lowest BCUT2D eigenvalue weighted by atomic mass is 9.75. The number of para-hydroxylation sites is 1. The average molecular weight is 338 g/mol. The first-order valence-corrected chi connectivity index (χ1v) is 9.25. The highest BCUT2D eigenvalue weighted by Gasteiger charge is 2.48. The second kappa shape index (κ2) is 6.38. The molecule has 1 saturated heterocycles. The van der Waals surface area contributed by atoms with Gasteiger partial charge in [-0.3, -0.25) is 0 Å². The number of aryl methyl sites for hydroxylation is 1. The van der Waals surface area contributed by atoms with Crippen molar-refractivity contribution < 1.29 is 14.6 Å². The molecule has 0 unspecified atom stereocenters. The van der Waals surface area contributed by atoms with E-state index in [1.807, 2.05) is 12.1 Å². The molecule has 0 spiro atoms. The van der Waals surface area contributed by atoms with Crippen LogP contribution in [-0.4, -0.2) is 16.8 Å². The number of ether oxygens (including phenoxy) is 2. The molecule has 2 aliphatic heterocycles. The van der Waals surface area contributed by atoms with Gasteiger partial charge in [-0.2, -0.15) is 0 Å². The summed E-state index contributed by atoms with van der Waals surface area (Å²) < 4.78 is 12.7. The van der Waals surface area contributed by atoms with Crippen molar-refractivity contribution in [2.24, 2.45) is 5.92 Å². The summed E-state index contributed by atoms with van der Waals surface area (Å²) in [5, 5.41) is 10.2. The van der Waals surface area contributed by atoms with Gasteiger partial charge in [0.05, 0.1) is 12.2 Å². The Hall–Kier alpha value is -2.00. The second-order valence-corrected chi connectivity index (χ2v) is 7.79. The van der Waals surface area contributed by atoms with Crippen LogP contribution in [0.15, 0.2) is 48.5 Å². The monoisotopic (exact) mass is 338 g/mol. The van der Waals surface area contributed by atoms with Crippen molar-refractivity contribution in [2.45, 2.75) is 57.3 Å². The van der Waals surface area contributed by atoms with Gasteiger partial charge in [0.2, 0.25) is 0 Å². The largest absolute Gasteiger partial charge is 0.504 e. The van der Waals surface area contributed by atoms with Gasteiger partial charge < -0.3 is 14.6 Å². The molecule has 0 aliphatic carbocycles. The van der Waals surface area contributed by atoms with E-state index in [1.54, 1.807) is 6.07 Å². The van der Waals surface area contributed by atoms with Gasteiger partial charge in [-0.25, -0.2) is 0 Å². The third kappa shape index (κ3) is 3.13. The highest BCUT2D eigenvalue weighted by molar-refractivity contribution is 5.49. The summed E-state index contributed by atoms with van der Waals surface area (Å²) in [5.41, 5.74) is 2.02. The van der Waals surface area contributed by atoms with Gasteiger partial charge in [-0.05, 0) is 51.2 Å². The van der Waals surface area contributed by atoms with Gasteiger partial charge in [-0.1, -0.05) is 42.5 Å². The molecule has 3 atom stereocenters. The maximum Gasteiger partial charge on any atom is 0.167 e. The predicted molar refractivity (Wildman–Crippen MR) is 97.9 cm³/mol. The van der Waals surface area contributed by atoms with Gasteiger partial charge >= 0.3 is 0 Å². The molecule has 4 rings (SSSR count). The van der Waals surface area contributed by atoms with E-state index in [9.17, 15) is 5.11 Å². The molecule has 0 aromatic heterocycles. The minimum atomic E-state index is -0.332. The third-order valence-electron chi connectivity index (χ3n) is 5.69. The number of rotatable bonds is 3. The number of benzene rings is 2. The van der Waals surface area contributed by atoms with Crippen LogP contribution in [0, 0.1) is 5.92 Å². The average Bonchev–Trinajstić information content (AvgIpc) is 2.62. The maximum absolute atomic E-state index is 10.2. The van der Waals surface area contributed by atoms with Crippen molar-refractivity contribution in [1.29, 1.82) is 0 Å². The Morgan fingerprint density at radius 3 is 2.64 bits per heavy atom. The first-order valence-electron chi connectivity index (χ1n) is 9.25. The van der Waals surface area contributed by atoms with Gasteiger partial charge in [0.25, 0.3) is 0 Å². The van der Waals surface area contributed by atoms with Gasteiger partial charge in [0, 0.05) is 11.5 Å². The van der Waals surface area contributed by atoms with Crippen molar-refractivity contribution in [3.63, 3.8) is 0 Å². The Balaban J connectivity index is 1.54. The van der Waals surface area contributed by atoms with Crippen molar-refractivity contribution >= 4 is 0 Å². The van der Waals surface area contributed by atoms with Crippen LogP contribution in [0.1, 0.15) is 50.3 Å². The van der Waals surface area contributed by atoms with E-state index in [1.165, 1.54) is 5.56 Å². The fraction of sp³-hybridized carbons (Fsp3) is 0.455. The molecule has 2 aromatic carbocycles. The molecule has 0 saturated carbocycles. The Morgan fingerprint density at radius 2 is 1.84 bits per heavy atom. The zero-order chi connectivity index (χ0) is 17.4. The Kier molecular flexibility index (Phi) is 4.20. The molecular formula is C22H26O3. The van der Waals surface area contributed by atoms with E-state index >= 15 is 0 Å². The zero-order valence-corrected chi connectivity index (χ0v) is 14.9. The molecule has 132 valence electrons. The van der Waals surface area contributed by atoms with E-state index < -0.39 is 0 Å². The molecule has 1 fully saturated rings. The standard InChI is InChI=1S/C22H26O3/c1-22(2)18-14-13-16(12-11-15-7-4-3-5-8-15)24-20(18)17-9-6-10-19(23)21(17)25-22/h3-10,16,18,20,23H,11-14H2,1-2H3/t16-,18-,20+/m0/s1. The Labute approximate surface area is 149 Å². The first-order chi connectivity index (χ1) is 12.0. The topological polar surface area (TPSA) is 38.7 Å². The zero-order valence-electron chi connectivity index (χ0n) is 14.9. The first kappa shape index (κ1) is 16.5. The number of hydrogen-bond donors (Lipinski definition) is 1. The Morgan fingerprint density at radius 1 is 1.04 bits per heavy atom. The van der Waals surface area contributed by atoms with Crippen molar-refractivity contribution in [1.82, 2.24) is 0 Å². The molecule has 0 bridgehead atoms. The smallest absolute Gasteiger partial charge is 0.167 e. The summed E-state index contributed by atoms with van der Waals surface area (Å²) in [5.74, 6) is 1.12. The van der Waals surface area contributed by atoms with E-state index in [0.717, 1.165) is 31.2 Å². The number of fused-ring (bicyclic) bond motifs is 3. The van der Waals surface area contributed by atoms with Crippen molar-refractivity contribution in [3.05, 3.63) is 59.7 Å². The number of phenolic OH excluding ortho intramolecular Hbond substituents is 1. The molecule has 0 radical (unpaired) electrons. The summed E-state index contributed by atoms with van der Waals surface area (Å²) in [7, 11) is 0. The molecule has 0 amide bonds. The molecular weight excluding hydrogens is 312 g/mol. The van der Waals surface area contributed by atoms with Crippen LogP contribution in [0.4, 0.5) is 0 Å². The predicted octanol–water partition coefficient (Wildman–Crippen LogP) is 5.03. The summed E-state index contributed by atoms with van der Waals surface area (Å²) in [6.07, 6.45) is 4.48. The SMILES string of the molecule is CC1(C)Oc2c(O)cccc2[C@H]2O[C@@H](CCc3ccccc3)CC[C@@H]21. The fourth-order valence-electron chi connectivity index (χ4n) is 4.29. The molecule has 2 aromatic rings. The summed E-state index contributed by atoms with van der Waals surface area (Å²) >= 11 is 0. The number of phenols is 1.